The number of alkyl halides is 15. The third-order valence-electron chi connectivity index (χ3n) is 6.89. The van der Waals surface area contributed by atoms with Gasteiger partial charge in [-0.1, -0.05) is 51.2 Å². The molecule has 0 aliphatic heterocycles. The van der Waals surface area contributed by atoms with Crippen LogP contribution in [0.3, 0.4) is 0 Å². The summed E-state index contributed by atoms with van der Waals surface area (Å²) in [6.45, 7) is -0.267. The van der Waals surface area contributed by atoms with Gasteiger partial charge in [0.25, 0.3) is 0 Å². The van der Waals surface area contributed by atoms with Gasteiger partial charge in [0, 0.05) is 24.6 Å². The molecule has 0 fully saturated rings. The van der Waals surface area contributed by atoms with Crippen molar-refractivity contribution in [2.45, 2.75) is 107 Å². The van der Waals surface area contributed by atoms with Crippen LogP contribution in [0.2, 0.25) is 0 Å². The van der Waals surface area contributed by atoms with Crippen LogP contribution in [0.4, 0.5) is 65.9 Å². The van der Waals surface area contributed by atoms with Gasteiger partial charge in [-0.15, -0.1) is 0 Å². The van der Waals surface area contributed by atoms with Crippen LogP contribution in [-0.4, -0.2) is 72.2 Å². The minimum atomic E-state index is -7.91. The van der Waals surface area contributed by atoms with Gasteiger partial charge in [0.1, 0.15) is 12.4 Å². The summed E-state index contributed by atoms with van der Waals surface area (Å²) in [7, 11) is 0. The highest BCUT2D eigenvalue weighted by molar-refractivity contribution is 5.59. The van der Waals surface area contributed by atoms with Crippen molar-refractivity contribution in [1.82, 2.24) is 9.97 Å². The lowest BCUT2D eigenvalue weighted by atomic mass is 10.0. The Labute approximate surface area is 281 Å². The van der Waals surface area contributed by atoms with Gasteiger partial charge in [0.15, 0.2) is 5.82 Å². The molecule has 0 aliphatic rings. The van der Waals surface area contributed by atoms with Crippen molar-refractivity contribution in [2.24, 2.45) is 0 Å². The van der Waals surface area contributed by atoms with E-state index >= 15 is 0 Å². The predicted molar refractivity (Wildman–Crippen MR) is 148 cm³/mol. The highest BCUT2D eigenvalue weighted by Gasteiger charge is 2.85. The third-order valence-corrected chi connectivity index (χ3v) is 6.89. The van der Waals surface area contributed by atoms with Gasteiger partial charge in [-0.25, -0.2) is 19.4 Å². The number of unbranched alkanes of at least 4 members (excludes halogenated alkanes) is 6. The molecule has 1 heterocycles. The molecule has 292 valence electrons. The SMILES string of the molecule is CCCCCCOc1cc(-c2ncccn2)ccc1CCCCCCOCC(F)(F)OC(F)(F)C(F)(F)OC(F)(F)C(F)(F)C(F)(F)C(F)(F)F. The molecule has 0 radical (unpaired) electrons. The first-order valence-corrected chi connectivity index (χ1v) is 15.3. The average Bonchev–Trinajstić information content (AvgIpc) is 3.01. The van der Waals surface area contributed by atoms with Crippen LogP contribution < -0.4 is 4.74 Å². The molecule has 0 saturated carbocycles. The van der Waals surface area contributed by atoms with E-state index < -0.39 is 55.7 Å². The zero-order valence-corrected chi connectivity index (χ0v) is 26.6. The summed E-state index contributed by atoms with van der Waals surface area (Å²) in [5.74, 6) is -14.6. The normalized spacial score (nSPS) is 13.9. The molecule has 0 N–H and O–H groups in total. The van der Waals surface area contributed by atoms with Crippen LogP contribution in [-0.2, 0) is 20.6 Å². The molecule has 2 rings (SSSR count). The lowest BCUT2D eigenvalue weighted by molar-refractivity contribution is -0.543. The van der Waals surface area contributed by atoms with E-state index in [9.17, 15) is 65.9 Å². The van der Waals surface area contributed by atoms with Gasteiger partial charge in [0.05, 0.1) is 6.61 Å². The van der Waals surface area contributed by atoms with Crippen LogP contribution in [0.25, 0.3) is 11.4 Å². The fraction of sp³-hybridized carbons (Fsp3) is 0.667. The Morgan fingerprint density at radius 3 is 1.78 bits per heavy atom. The van der Waals surface area contributed by atoms with Crippen LogP contribution >= 0.6 is 0 Å². The van der Waals surface area contributed by atoms with Crippen LogP contribution in [0, 0.1) is 0 Å². The summed E-state index contributed by atoms with van der Waals surface area (Å²) in [4.78, 5) is 8.43. The summed E-state index contributed by atoms with van der Waals surface area (Å²) in [5, 5.41) is 0. The number of rotatable bonds is 23. The van der Waals surface area contributed by atoms with Crippen molar-refractivity contribution in [2.75, 3.05) is 19.8 Å². The number of nitrogens with zero attached hydrogens (tertiary/aromatic N) is 2. The average molecular weight is 771 g/mol. The molecule has 0 spiro atoms. The molecule has 0 atom stereocenters. The van der Waals surface area contributed by atoms with E-state index in [2.05, 4.69) is 26.4 Å². The molecule has 0 amide bonds. The van der Waals surface area contributed by atoms with Crippen LogP contribution in [0.15, 0.2) is 36.7 Å². The minimum Gasteiger partial charge on any atom is -0.493 e. The lowest BCUT2D eigenvalue weighted by Gasteiger charge is -2.36. The Balaban J connectivity index is 1.86. The lowest BCUT2D eigenvalue weighted by Crippen LogP contribution is -2.64. The molecular weight excluding hydrogens is 737 g/mol. The van der Waals surface area contributed by atoms with E-state index in [0.29, 0.717) is 43.9 Å². The second-order valence-corrected chi connectivity index (χ2v) is 11.1. The second kappa shape index (κ2) is 17.6. The molecule has 1 aromatic heterocycles. The number of aryl methyl sites for hydroxylation is 1. The van der Waals surface area contributed by atoms with E-state index in [1.807, 2.05) is 12.1 Å². The number of hydrogen-bond acceptors (Lipinski definition) is 6. The highest BCUT2D eigenvalue weighted by Crippen LogP contribution is 2.56. The minimum absolute atomic E-state index is 0.0194. The van der Waals surface area contributed by atoms with Crippen molar-refractivity contribution >= 4 is 0 Å². The second-order valence-electron chi connectivity index (χ2n) is 11.1. The molecule has 1 aromatic carbocycles. The molecule has 51 heavy (non-hydrogen) atoms. The fourth-order valence-corrected chi connectivity index (χ4v) is 4.18. The van der Waals surface area contributed by atoms with Crippen molar-refractivity contribution in [3.63, 3.8) is 0 Å². The number of halogens is 15. The quantitative estimate of drug-likeness (QED) is 0.0829. The van der Waals surface area contributed by atoms with Gasteiger partial charge < -0.3 is 9.47 Å². The van der Waals surface area contributed by atoms with Crippen molar-refractivity contribution in [3.05, 3.63) is 42.2 Å². The standard InChI is InChI=1S/C30H33F15N2O4/c1-2-3-4-9-17-49-22-18-21(23-46-14-10-15-47-23)13-12-20(22)11-7-5-6-8-16-48-19-24(31,32)50-29(42,43)30(44,45)51-28(40,41)26(35,36)25(33,34)27(37,38)39/h10,12-15,18H,2-9,11,16-17,19H2,1H3. The van der Waals surface area contributed by atoms with Crippen LogP contribution in [0.5, 0.6) is 5.75 Å². The van der Waals surface area contributed by atoms with E-state index in [4.69, 9.17) is 4.74 Å². The van der Waals surface area contributed by atoms with Crippen LogP contribution in [0.1, 0.15) is 63.9 Å². The maximum absolute atomic E-state index is 13.8. The Bertz CT molecular complexity index is 1350. The number of benzene rings is 1. The first-order valence-electron chi connectivity index (χ1n) is 15.3. The Morgan fingerprint density at radius 2 is 1.18 bits per heavy atom. The van der Waals surface area contributed by atoms with E-state index in [1.165, 1.54) is 0 Å². The summed E-state index contributed by atoms with van der Waals surface area (Å²) >= 11 is 0. The summed E-state index contributed by atoms with van der Waals surface area (Å²) in [5.41, 5.74) is 1.58. The smallest absolute Gasteiger partial charge is 0.460 e. The maximum Gasteiger partial charge on any atom is 0.460 e. The molecule has 0 aliphatic carbocycles. The van der Waals surface area contributed by atoms with Gasteiger partial charge in [-0.05, 0) is 43.4 Å². The zero-order chi connectivity index (χ0) is 38.8. The number of aromatic nitrogens is 2. The monoisotopic (exact) mass is 770 g/mol. The maximum atomic E-state index is 13.8. The zero-order valence-electron chi connectivity index (χ0n) is 26.6. The molecule has 21 heteroatoms. The molecule has 2 aromatic rings. The van der Waals surface area contributed by atoms with Crippen molar-refractivity contribution < 1.29 is 84.8 Å². The van der Waals surface area contributed by atoms with Gasteiger partial charge >= 0.3 is 42.5 Å². The molecule has 0 saturated heterocycles. The highest BCUT2D eigenvalue weighted by atomic mass is 19.4. The van der Waals surface area contributed by atoms with Crippen molar-refractivity contribution in [1.29, 1.82) is 0 Å². The predicted octanol–water partition coefficient (Wildman–Crippen LogP) is 10.5. The van der Waals surface area contributed by atoms with E-state index in [-0.39, 0.29) is 6.42 Å². The first-order chi connectivity index (χ1) is 23.4. The van der Waals surface area contributed by atoms with Gasteiger partial charge in [-0.3, -0.25) is 0 Å². The molecule has 0 bridgehead atoms. The van der Waals surface area contributed by atoms with E-state index in [0.717, 1.165) is 36.8 Å². The van der Waals surface area contributed by atoms with Crippen molar-refractivity contribution in [3.8, 4) is 17.1 Å². The summed E-state index contributed by atoms with van der Waals surface area (Å²) in [6.07, 6.45) is -25.9. The Morgan fingerprint density at radius 1 is 0.608 bits per heavy atom. The van der Waals surface area contributed by atoms with Gasteiger partial charge in [0.2, 0.25) is 0 Å². The third kappa shape index (κ3) is 12.0. The first kappa shape index (κ1) is 44.1. The fourth-order valence-electron chi connectivity index (χ4n) is 4.18. The summed E-state index contributed by atoms with van der Waals surface area (Å²) in [6, 6.07) is 7.12. The molecular formula is C30H33F15N2O4. The largest absolute Gasteiger partial charge is 0.493 e. The molecule has 6 nitrogen and oxygen atoms in total. The Kier molecular flexibility index (Phi) is 15.2. The number of ether oxygens (including phenoxy) is 4. The topological polar surface area (TPSA) is 62.7 Å². The van der Waals surface area contributed by atoms with Gasteiger partial charge in [-0.2, -0.15) is 65.9 Å². The Hall–Kier alpha value is -3.07. The summed E-state index contributed by atoms with van der Waals surface area (Å²) < 4.78 is 211. The van der Waals surface area contributed by atoms with E-state index in [1.54, 1.807) is 29.3 Å². The number of hydrogen-bond donors (Lipinski definition) is 0. The molecule has 0 unspecified atom stereocenters.